The van der Waals surface area contributed by atoms with Crippen molar-refractivity contribution in [1.82, 2.24) is 14.3 Å². The van der Waals surface area contributed by atoms with E-state index in [1.807, 2.05) is 0 Å². The van der Waals surface area contributed by atoms with Crippen molar-refractivity contribution in [3.05, 3.63) is 18.7 Å². The van der Waals surface area contributed by atoms with Gasteiger partial charge in [0.2, 0.25) is 15.9 Å². The van der Waals surface area contributed by atoms with Crippen LogP contribution in [0.3, 0.4) is 0 Å². The van der Waals surface area contributed by atoms with Crippen LogP contribution in [0.2, 0.25) is 0 Å². The quantitative estimate of drug-likeness (QED) is 0.804. The molecule has 118 valence electrons. The smallest absolute Gasteiger partial charge is 0.227 e. The Balaban J connectivity index is 1.54. The third-order valence-corrected chi connectivity index (χ3v) is 7.23. The van der Waals surface area contributed by atoms with Crippen LogP contribution in [0, 0.1) is 5.41 Å². The molecule has 1 saturated carbocycles. The van der Waals surface area contributed by atoms with E-state index in [1.54, 1.807) is 21.6 Å². The first-order valence-corrected chi connectivity index (χ1v) is 9.05. The molecule has 1 unspecified atom stereocenters. The van der Waals surface area contributed by atoms with Gasteiger partial charge in [-0.05, 0) is 19.3 Å². The lowest BCUT2D eigenvalue weighted by Gasteiger charge is -2.23. The Kier molecular flexibility index (Phi) is 3.02. The standard InChI is InChI=1S/C14H18N4O3S/c19-13-5-14(9-18(13)11-6-15-10-16-7-11)3-4-17(8-14)22(20,21)12-1-2-12/h6-7,10,12H,1-5,8-9H2. The molecule has 7 nitrogen and oxygen atoms in total. The molecule has 22 heavy (non-hydrogen) atoms. The van der Waals surface area contributed by atoms with Crippen molar-refractivity contribution in [2.45, 2.75) is 30.9 Å². The molecule has 0 radical (unpaired) electrons. The Morgan fingerprint density at radius 1 is 1.18 bits per heavy atom. The van der Waals surface area contributed by atoms with Crippen LogP contribution in [0.25, 0.3) is 0 Å². The van der Waals surface area contributed by atoms with Crippen LogP contribution >= 0.6 is 0 Å². The van der Waals surface area contributed by atoms with Crippen LogP contribution in [0.1, 0.15) is 25.7 Å². The highest BCUT2D eigenvalue weighted by atomic mass is 32.2. The van der Waals surface area contributed by atoms with Gasteiger partial charge in [0.25, 0.3) is 0 Å². The predicted molar refractivity (Wildman–Crippen MR) is 79.6 cm³/mol. The second-order valence-electron chi connectivity index (χ2n) is 6.58. The van der Waals surface area contributed by atoms with E-state index in [1.165, 1.54) is 6.33 Å². The average molecular weight is 322 g/mol. The number of carbonyl (C=O) groups is 1. The average Bonchev–Trinajstić information content (AvgIpc) is 3.22. The summed E-state index contributed by atoms with van der Waals surface area (Å²) in [6, 6.07) is 0. The zero-order valence-corrected chi connectivity index (χ0v) is 13.0. The lowest BCUT2D eigenvalue weighted by atomic mass is 9.86. The molecule has 4 rings (SSSR count). The molecule has 0 bridgehead atoms. The molecule has 2 saturated heterocycles. The van der Waals surface area contributed by atoms with Crippen molar-refractivity contribution in [2.75, 3.05) is 24.5 Å². The van der Waals surface area contributed by atoms with E-state index in [9.17, 15) is 13.2 Å². The van der Waals surface area contributed by atoms with Crippen molar-refractivity contribution in [1.29, 1.82) is 0 Å². The normalized spacial score (nSPS) is 29.6. The SMILES string of the molecule is O=C1CC2(CCN(S(=O)(=O)C3CC3)C2)CN1c1cncnc1. The van der Waals surface area contributed by atoms with E-state index >= 15 is 0 Å². The van der Waals surface area contributed by atoms with E-state index in [-0.39, 0.29) is 16.6 Å². The van der Waals surface area contributed by atoms with Crippen LogP contribution in [0.5, 0.6) is 0 Å². The van der Waals surface area contributed by atoms with Gasteiger partial charge in [0.15, 0.2) is 0 Å². The molecule has 1 aromatic heterocycles. The highest BCUT2D eigenvalue weighted by Crippen LogP contribution is 2.44. The second-order valence-corrected chi connectivity index (χ2v) is 8.79. The Hall–Kier alpha value is -1.54. The van der Waals surface area contributed by atoms with E-state index in [0.29, 0.717) is 31.7 Å². The van der Waals surface area contributed by atoms with Crippen LogP contribution in [-0.2, 0) is 14.8 Å². The summed E-state index contributed by atoms with van der Waals surface area (Å²) in [7, 11) is -3.15. The maximum absolute atomic E-state index is 12.4. The summed E-state index contributed by atoms with van der Waals surface area (Å²) in [5.74, 6) is 0.0282. The highest BCUT2D eigenvalue weighted by Gasteiger charge is 2.52. The zero-order chi connectivity index (χ0) is 15.4. The second kappa shape index (κ2) is 4.73. The number of anilines is 1. The molecular weight excluding hydrogens is 304 g/mol. The van der Waals surface area contributed by atoms with Gasteiger partial charge in [-0.2, -0.15) is 0 Å². The molecular formula is C14H18N4O3S. The van der Waals surface area contributed by atoms with Crippen molar-refractivity contribution in [3.8, 4) is 0 Å². The summed E-state index contributed by atoms with van der Waals surface area (Å²) in [5.41, 5.74) is 0.433. The van der Waals surface area contributed by atoms with Gasteiger partial charge in [-0.25, -0.2) is 22.7 Å². The number of sulfonamides is 1. The number of carbonyl (C=O) groups excluding carboxylic acids is 1. The van der Waals surface area contributed by atoms with Crippen molar-refractivity contribution in [3.63, 3.8) is 0 Å². The molecule has 1 atom stereocenters. The number of hydrogen-bond acceptors (Lipinski definition) is 5. The van der Waals surface area contributed by atoms with Crippen molar-refractivity contribution < 1.29 is 13.2 Å². The largest absolute Gasteiger partial charge is 0.309 e. The minimum Gasteiger partial charge on any atom is -0.309 e. The summed E-state index contributed by atoms with van der Waals surface area (Å²) in [6.45, 7) is 1.54. The van der Waals surface area contributed by atoms with Gasteiger partial charge in [-0.1, -0.05) is 0 Å². The van der Waals surface area contributed by atoms with E-state index < -0.39 is 10.0 Å². The maximum Gasteiger partial charge on any atom is 0.227 e. The van der Waals surface area contributed by atoms with E-state index in [2.05, 4.69) is 9.97 Å². The molecule has 1 aliphatic carbocycles. The minimum atomic E-state index is -3.15. The summed E-state index contributed by atoms with van der Waals surface area (Å²) in [6.07, 6.45) is 7.37. The van der Waals surface area contributed by atoms with Gasteiger partial charge >= 0.3 is 0 Å². The van der Waals surface area contributed by atoms with Gasteiger partial charge in [0, 0.05) is 31.5 Å². The fourth-order valence-corrected chi connectivity index (χ4v) is 5.48. The molecule has 1 spiro atoms. The number of aromatic nitrogens is 2. The number of amides is 1. The van der Waals surface area contributed by atoms with Crippen LogP contribution in [0.15, 0.2) is 18.7 Å². The Labute approximate surface area is 129 Å². The summed E-state index contributed by atoms with van der Waals surface area (Å²) < 4.78 is 26.4. The first kappa shape index (κ1) is 14.1. The molecule has 0 aromatic carbocycles. The first-order chi connectivity index (χ1) is 10.5. The Morgan fingerprint density at radius 2 is 1.91 bits per heavy atom. The molecule has 8 heteroatoms. The van der Waals surface area contributed by atoms with Gasteiger partial charge in [-0.3, -0.25) is 4.79 Å². The van der Waals surface area contributed by atoms with Crippen molar-refractivity contribution >= 4 is 21.6 Å². The number of hydrogen-bond donors (Lipinski definition) is 0. The number of rotatable bonds is 3. The highest BCUT2D eigenvalue weighted by molar-refractivity contribution is 7.90. The first-order valence-electron chi connectivity index (χ1n) is 7.55. The van der Waals surface area contributed by atoms with Gasteiger partial charge in [0.05, 0.1) is 23.3 Å². The lowest BCUT2D eigenvalue weighted by molar-refractivity contribution is -0.117. The molecule has 2 aliphatic heterocycles. The maximum atomic E-state index is 12.4. The Bertz CT molecular complexity index is 704. The van der Waals surface area contributed by atoms with Gasteiger partial charge < -0.3 is 4.90 Å². The Morgan fingerprint density at radius 3 is 2.59 bits per heavy atom. The minimum absolute atomic E-state index is 0.0282. The van der Waals surface area contributed by atoms with Gasteiger partial charge in [-0.15, -0.1) is 0 Å². The van der Waals surface area contributed by atoms with Crippen molar-refractivity contribution in [2.24, 2.45) is 5.41 Å². The zero-order valence-electron chi connectivity index (χ0n) is 12.2. The fourth-order valence-electron chi connectivity index (χ4n) is 3.52. The third kappa shape index (κ3) is 2.21. The summed E-state index contributed by atoms with van der Waals surface area (Å²) in [5, 5.41) is -0.182. The number of nitrogens with zero attached hydrogens (tertiary/aromatic N) is 4. The van der Waals surface area contributed by atoms with Crippen LogP contribution < -0.4 is 4.90 Å². The van der Waals surface area contributed by atoms with Crippen LogP contribution in [0.4, 0.5) is 5.69 Å². The van der Waals surface area contributed by atoms with Gasteiger partial charge in [0.1, 0.15) is 6.33 Å². The van der Waals surface area contributed by atoms with E-state index in [0.717, 1.165) is 19.3 Å². The lowest BCUT2D eigenvalue weighted by Crippen LogP contribution is -2.35. The van der Waals surface area contributed by atoms with E-state index in [4.69, 9.17) is 0 Å². The molecule has 3 fully saturated rings. The van der Waals surface area contributed by atoms with Crippen LogP contribution in [-0.4, -0.2) is 53.5 Å². The predicted octanol–water partition coefficient (Wildman–Crippen LogP) is 0.398. The fraction of sp³-hybridized carbons (Fsp3) is 0.643. The monoisotopic (exact) mass is 322 g/mol. The molecule has 1 amide bonds. The molecule has 1 aromatic rings. The third-order valence-electron chi connectivity index (χ3n) is 4.89. The molecule has 3 heterocycles. The summed E-state index contributed by atoms with van der Waals surface area (Å²) in [4.78, 5) is 21.9. The molecule has 3 aliphatic rings. The summed E-state index contributed by atoms with van der Waals surface area (Å²) >= 11 is 0. The molecule has 0 N–H and O–H groups in total. The topological polar surface area (TPSA) is 83.5 Å².